The molecule has 0 aliphatic heterocycles. The molecule has 3 heteroatoms. The van der Waals surface area contributed by atoms with Gasteiger partial charge in [-0.3, -0.25) is 4.79 Å². The highest BCUT2D eigenvalue weighted by Gasteiger charge is 2.50. The van der Waals surface area contributed by atoms with E-state index in [1.807, 2.05) is 6.92 Å². The summed E-state index contributed by atoms with van der Waals surface area (Å²) in [5.74, 6) is 2.90. The lowest BCUT2D eigenvalue weighted by molar-refractivity contribution is -0.124. The molecule has 4 aliphatic carbocycles. The van der Waals surface area contributed by atoms with Crippen LogP contribution in [0.3, 0.4) is 0 Å². The first kappa shape index (κ1) is 12.5. The smallest absolute Gasteiger partial charge is 0.236 e. The van der Waals surface area contributed by atoms with Crippen LogP contribution in [0.15, 0.2) is 0 Å². The van der Waals surface area contributed by atoms with Gasteiger partial charge in [-0.15, -0.1) is 0 Å². The average Bonchev–Trinajstić information content (AvgIpc) is 2.33. The summed E-state index contributed by atoms with van der Waals surface area (Å²) >= 11 is 0. The minimum Gasteiger partial charge on any atom is -0.354 e. The van der Waals surface area contributed by atoms with Gasteiger partial charge in [0.2, 0.25) is 5.91 Å². The first-order valence-corrected chi connectivity index (χ1v) is 7.63. The molecular weight excluding hydrogens is 224 g/mol. The van der Waals surface area contributed by atoms with Gasteiger partial charge in [-0.1, -0.05) is 6.92 Å². The summed E-state index contributed by atoms with van der Waals surface area (Å²) < 4.78 is 0. The summed E-state index contributed by atoms with van der Waals surface area (Å²) in [5, 5.41) is 3.13. The molecule has 1 amide bonds. The van der Waals surface area contributed by atoms with Crippen LogP contribution in [0.4, 0.5) is 0 Å². The third kappa shape index (κ3) is 2.18. The molecule has 4 saturated carbocycles. The zero-order valence-electron chi connectivity index (χ0n) is 11.5. The van der Waals surface area contributed by atoms with E-state index in [0.717, 1.165) is 30.7 Å². The van der Waals surface area contributed by atoms with Crippen LogP contribution in [0.1, 0.15) is 51.9 Å². The van der Waals surface area contributed by atoms with Gasteiger partial charge in [-0.05, 0) is 68.1 Å². The quantitative estimate of drug-likeness (QED) is 0.802. The molecule has 1 atom stereocenters. The van der Waals surface area contributed by atoms with E-state index in [-0.39, 0.29) is 11.9 Å². The summed E-state index contributed by atoms with van der Waals surface area (Å²) in [6, 6.07) is -0.320. The van der Waals surface area contributed by atoms with Crippen molar-refractivity contribution >= 4 is 5.91 Å². The number of nitrogens with two attached hydrogens (primary N) is 1. The van der Waals surface area contributed by atoms with Crippen molar-refractivity contribution in [1.82, 2.24) is 5.32 Å². The Hall–Kier alpha value is -0.570. The first-order chi connectivity index (χ1) is 8.60. The monoisotopic (exact) mass is 250 g/mol. The van der Waals surface area contributed by atoms with Gasteiger partial charge in [0.15, 0.2) is 0 Å². The lowest BCUT2D eigenvalue weighted by Gasteiger charge is -2.57. The third-order valence-corrected chi connectivity index (χ3v) is 5.58. The number of rotatable bonds is 4. The van der Waals surface area contributed by atoms with Crippen molar-refractivity contribution in [2.45, 2.75) is 57.9 Å². The van der Waals surface area contributed by atoms with Crippen LogP contribution in [0.5, 0.6) is 0 Å². The summed E-state index contributed by atoms with van der Waals surface area (Å²) in [6.07, 6.45) is 9.15. The molecule has 4 rings (SSSR count). The summed E-state index contributed by atoms with van der Waals surface area (Å²) in [6.45, 7) is 2.85. The topological polar surface area (TPSA) is 55.1 Å². The number of amides is 1. The second kappa shape index (κ2) is 4.52. The molecule has 3 N–H and O–H groups in total. The zero-order valence-corrected chi connectivity index (χ0v) is 11.5. The van der Waals surface area contributed by atoms with Crippen molar-refractivity contribution in [3.63, 3.8) is 0 Å². The molecule has 18 heavy (non-hydrogen) atoms. The van der Waals surface area contributed by atoms with Gasteiger partial charge >= 0.3 is 0 Å². The van der Waals surface area contributed by atoms with E-state index in [1.54, 1.807) is 0 Å². The Kier molecular flexibility index (Phi) is 3.13. The van der Waals surface area contributed by atoms with Crippen molar-refractivity contribution in [3.8, 4) is 0 Å². The van der Waals surface area contributed by atoms with E-state index >= 15 is 0 Å². The fourth-order valence-corrected chi connectivity index (χ4v) is 5.10. The van der Waals surface area contributed by atoms with Gasteiger partial charge < -0.3 is 11.1 Å². The molecule has 0 saturated heterocycles. The molecule has 0 aromatic carbocycles. The Morgan fingerprint density at radius 1 is 1.22 bits per heavy atom. The Bertz CT molecular complexity index is 304. The fourth-order valence-electron chi connectivity index (χ4n) is 5.10. The molecule has 0 spiro atoms. The highest BCUT2D eigenvalue weighted by Crippen LogP contribution is 2.59. The van der Waals surface area contributed by atoms with Gasteiger partial charge in [0.1, 0.15) is 0 Å². The van der Waals surface area contributed by atoms with Crippen LogP contribution in [-0.4, -0.2) is 18.5 Å². The van der Waals surface area contributed by atoms with E-state index < -0.39 is 0 Å². The summed E-state index contributed by atoms with van der Waals surface area (Å²) in [4.78, 5) is 11.8. The zero-order chi connectivity index (χ0) is 12.8. The highest BCUT2D eigenvalue weighted by molar-refractivity contribution is 5.81. The van der Waals surface area contributed by atoms with Gasteiger partial charge in [0, 0.05) is 6.54 Å². The molecule has 0 heterocycles. The highest BCUT2D eigenvalue weighted by atomic mass is 16.2. The predicted molar refractivity (Wildman–Crippen MR) is 71.9 cm³/mol. The minimum absolute atomic E-state index is 0.0493. The van der Waals surface area contributed by atoms with Crippen LogP contribution in [0, 0.1) is 23.2 Å². The Morgan fingerprint density at radius 3 is 2.17 bits per heavy atom. The molecule has 0 aromatic rings. The van der Waals surface area contributed by atoms with E-state index in [9.17, 15) is 4.79 Å². The standard InChI is InChI=1S/C15H26N2O/c1-2-13(16)14(18)17-9-15-6-10-3-11(7-15)5-12(4-10)8-15/h10-13H,2-9,16H2,1H3,(H,17,18)/t10?,11?,12?,13-,15?/m1/s1. The van der Waals surface area contributed by atoms with E-state index in [4.69, 9.17) is 5.73 Å². The normalized spacial score (nSPS) is 42.9. The van der Waals surface area contributed by atoms with Crippen LogP contribution in [-0.2, 0) is 4.79 Å². The molecule has 102 valence electrons. The van der Waals surface area contributed by atoms with Gasteiger partial charge in [0.25, 0.3) is 0 Å². The van der Waals surface area contributed by atoms with Crippen molar-refractivity contribution < 1.29 is 4.79 Å². The number of carbonyl (C=O) groups excluding carboxylic acids is 1. The van der Waals surface area contributed by atoms with Crippen LogP contribution < -0.4 is 11.1 Å². The summed E-state index contributed by atoms with van der Waals surface area (Å²) in [5.41, 5.74) is 6.21. The third-order valence-electron chi connectivity index (χ3n) is 5.58. The second-order valence-corrected chi connectivity index (χ2v) is 7.15. The van der Waals surface area contributed by atoms with Crippen LogP contribution >= 0.6 is 0 Å². The Labute approximate surface area is 110 Å². The van der Waals surface area contributed by atoms with E-state index in [2.05, 4.69) is 5.32 Å². The van der Waals surface area contributed by atoms with Crippen LogP contribution in [0.25, 0.3) is 0 Å². The maximum Gasteiger partial charge on any atom is 0.236 e. The Morgan fingerprint density at radius 2 is 1.72 bits per heavy atom. The average molecular weight is 250 g/mol. The minimum atomic E-state index is -0.320. The molecule has 4 aliphatic rings. The van der Waals surface area contributed by atoms with E-state index in [1.165, 1.54) is 38.5 Å². The fraction of sp³-hybridized carbons (Fsp3) is 0.933. The molecule has 0 radical (unpaired) electrons. The molecule has 4 bridgehead atoms. The first-order valence-electron chi connectivity index (χ1n) is 7.63. The van der Waals surface area contributed by atoms with Gasteiger partial charge in [-0.25, -0.2) is 0 Å². The van der Waals surface area contributed by atoms with Gasteiger partial charge in [0.05, 0.1) is 6.04 Å². The van der Waals surface area contributed by atoms with Crippen LogP contribution in [0.2, 0.25) is 0 Å². The SMILES string of the molecule is CC[C@@H](N)C(=O)NCC12CC3CC(CC(C3)C1)C2. The predicted octanol–water partition coefficient (Wildman–Crippen LogP) is 2.06. The van der Waals surface area contributed by atoms with Crippen molar-refractivity contribution in [3.05, 3.63) is 0 Å². The molecule has 3 nitrogen and oxygen atoms in total. The molecule has 0 unspecified atom stereocenters. The number of hydrogen-bond donors (Lipinski definition) is 2. The second-order valence-electron chi connectivity index (χ2n) is 7.15. The molecule has 0 aromatic heterocycles. The molecule has 4 fully saturated rings. The lowest BCUT2D eigenvalue weighted by Crippen LogP contribution is -2.52. The van der Waals surface area contributed by atoms with Crippen molar-refractivity contribution in [1.29, 1.82) is 0 Å². The van der Waals surface area contributed by atoms with Crippen molar-refractivity contribution in [2.75, 3.05) is 6.54 Å². The maximum absolute atomic E-state index is 11.8. The maximum atomic E-state index is 11.8. The number of hydrogen-bond acceptors (Lipinski definition) is 2. The lowest BCUT2D eigenvalue weighted by atomic mass is 9.49. The van der Waals surface area contributed by atoms with Gasteiger partial charge in [-0.2, -0.15) is 0 Å². The number of nitrogens with one attached hydrogen (secondary N) is 1. The number of carbonyl (C=O) groups is 1. The largest absolute Gasteiger partial charge is 0.354 e. The Balaban J connectivity index is 1.61. The van der Waals surface area contributed by atoms with E-state index in [0.29, 0.717) is 5.41 Å². The van der Waals surface area contributed by atoms with Crippen molar-refractivity contribution in [2.24, 2.45) is 28.9 Å². The molecular formula is C15H26N2O. The summed E-state index contributed by atoms with van der Waals surface area (Å²) in [7, 11) is 0.